The van der Waals surface area contributed by atoms with Gasteiger partial charge in [-0.1, -0.05) is 0 Å². The minimum absolute atomic E-state index is 0.187. The molecule has 0 fully saturated rings. The fraction of sp³-hybridized carbons (Fsp3) is 0.250. The zero-order valence-electron chi connectivity index (χ0n) is 7.33. The molecule has 3 nitrogen and oxygen atoms in total. The average Bonchev–Trinajstić information content (AvgIpc) is 1.97. The third-order valence-corrected chi connectivity index (χ3v) is 2.80. The molecule has 2 N–H and O–H groups in total. The molecule has 72 valence electrons. The first-order chi connectivity index (χ1) is 5.82. The highest BCUT2D eigenvalue weighted by atomic mass is 32.2. The molecule has 13 heavy (non-hydrogen) atoms. The first-order valence-electron chi connectivity index (χ1n) is 3.62. The van der Waals surface area contributed by atoms with Crippen LogP contribution >= 0.6 is 0 Å². The zero-order valence-corrected chi connectivity index (χ0v) is 8.15. The molecule has 0 spiro atoms. The Hall–Kier alpha value is -0.940. The Morgan fingerprint density at radius 2 is 1.85 bits per heavy atom. The molecule has 5 heteroatoms. The molecule has 0 aromatic heterocycles. The van der Waals surface area contributed by atoms with Crippen LogP contribution in [0.15, 0.2) is 17.0 Å². The summed E-state index contributed by atoms with van der Waals surface area (Å²) in [7, 11) is -3.80. The van der Waals surface area contributed by atoms with Crippen LogP contribution in [0.1, 0.15) is 11.1 Å². The van der Waals surface area contributed by atoms with E-state index in [1.54, 1.807) is 13.8 Å². The van der Waals surface area contributed by atoms with Gasteiger partial charge in [-0.05, 0) is 37.1 Å². The second-order valence-electron chi connectivity index (χ2n) is 2.89. The number of aryl methyl sites for hydroxylation is 1. The van der Waals surface area contributed by atoms with Crippen molar-refractivity contribution in [3.05, 3.63) is 29.1 Å². The lowest BCUT2D eigenvalue weighted by Crippen LogP contribution is -2.13. The van der Waals surface area contributed by atoms with E-state index in [1.165, 1.54) is 6.07 Å². The molecular weight excluding hydrogens is 193 g/mol. The summed E-state index contributed by atoms with van der Waals surface area (Å²) < 4.78 is 34.8. The minimum atomic E-state index is -3.80. The van der Waals surface area contributed by atoms with E-state index in [4.69, 9.17) is 5.14 Å². The zero-order chi connectivity index (χ0) is 10.2. The molecule has 0 atom stereocenters. The van der Waals surface area contributed by atoms with Gasteiger partial charge in [0.2, 0.25) is 10.0 Å². The summed E-state index contributed by atoms with van der Waals surface area (Å²) >= 11 is 0. The largest absolute Gasteiger partial charge is 0.238 e. The van der Waals surface area contributed by atoms with Crippen LogP contribution in [0, 0.1) is 19.7 Å². The number of primary sulfonamides is 1. The first-order valence-corrected chi connectivity index (χ1v) is 5.16. The lowest BCUT2D eigenvalue weighted by Gasteiger charge is -2.04. The highest BCUT2D eigenvalue weighted by molar-refractivity contribution is 7.89. The van der Waals surface area contributed by atoms with Gasteiger partial charge in [-0.25, -0.2) is 17.9 Å². The van der Waals surface area contributed by atoms with Crippen molar-refractivity contribution in [2.24, 2.45) is 5.14 Å². The fourth-order valence-corrected chi connectivity index (χ4v) is 1.56. The van der Waals surface area contributed by atoms with E-state index in [2.05, 4.69) is 0 Å². The second kappa shape index (κ2) is 3.08. The SMILES string of the molecule is Cc1cc(S(N)(=O)=O)cc(F)c1C. The van der Waals surface area contributed by atoms with Crippen LogP contribution in [0.2, 0.25) is 0 Å². The van der Waals surface area contributed by atoms with Crippen molar-refractivity contribution < 1.29 is 12.8 Å². The monoisotopic (exact) mass is 203 g/mol. The van der Waals surface area contributed by atoms with Crippen LogP contribution in [0.3, 0.4) is 0 Å². The van der Waals surface area contributed by atoms with Gasteiger partial charge in [0, 0.05) is 0 Å². The van der Waals surface area contributed by atoms with Gasteiger partial charge in [0.1, 0.15) is 5.82 Å². The van der Waals surface area contributed by atoms with E-state index in [-0.39, 0.29) is 4.90 Å². The second-order valence-corrected chi connectivity index (χ2v) is 4.45. The minimum Gasteiger partial charge on any atom is -0.225 e. The summed E-state index contributed by atoms with van der Waals surface area (Å²) in [5.41, 5.74) is 1.01. The van der Waals surface area contributed by atoms with Gasteiger partial charge in [0.25, 0.3) is 0 Å². The van der Waals surface area contributed by atoms with Crippen LogP contribution < -0.4 is 5.14 Å². The first kappa shape index (κ1) is 10.1. The molecule has 0 saturated heterocycles. The van der Waals surface area contributed by atoms with Crippen molar-refractivity contribution in [3.63, 3.8) is 0 Å². The summed E-state index contributed by atoms with van der Waals surface area (Å²) in [4.78, 5) is -0.187. The molecule has 0 unspecified atom stereocenters. The third kappa shape index (κ3) is 2.05. The molecule has 1 aromatic carbocycles. The van der Waals surface area contributed by atoms with E-state index >= 15 is 0 Å². The van der Waals surface area contributed by atoms with Gasteiger partial charge in [0.15, 0.2) is 0 Å². The highest BCUT2D eigenvalue weighted by Crippen LogP contribution is 2.17. The summed E-state index contributed by atoms with van der Waals surface area (Å²) in [5, 5.41) is 4.85. The quantitative estimate of drug-likeness (QED) is 0.742. The van der Waals surface area contributed by atoms with Crippen LogP contribution in [-0.4, -0.2) is 8.42 Å². The average molecular weight is 203 g/mol. The molecule has 0 radical (unpaired) electrons. The molecule has 1 rings (SSSR count). The van der Waals surface area contributed by atoms with Gasteiger partial charge in [-0.15, -0.1) is 0 Å². The number of sulfonamides is 1. The molecule has 1 aromatic rings. The predicted molar refractivity (Wildman–Crippen MR) is 47.2 cm³/mol. The van der Waals surface area contributed by atoms with Gasteiger partial charge in [0.05, 0.1) is 4.90 Å². The number of hydrogen-bond acceptors (Lipinski definition) is 2. The van der Waals surface area contributed by atoms with Crippen LogP contribution in [0.5, 0.6) is 0 Å². The summed E-state index contributed by atoms with van der Waals surface area (Å²) in [6.45, 7) is 3.21. The number of nitrogens with two attached hydrogens (primary N) is 1. The number of benzene rings is 1. The topological polar surface area (TPSA) is 60.2 Å². The lowest BCUT2D eigenvalue weighted by atomic mass is 10.1. The summed E-state index contributed by atoms with van der Waals surface area (Å²) in [6.07, 6.45) is 0. The Morgan fingerprint density at radius 3 is 2.23 bits per heavy atom. The maximum absolute atomic E-state index is 13.1. The molecule has 0 heterocycles. The maximum atomic E-state index is 13.1. The maximum Gasteiger partial charge on any atom is 0.238 e. The lowest BCUT2D eigenvalue weighted by molar-refractivity contribution is 0.589. The van der Waals surface area contributed by atoms with Gasteiger partial charge in [-0.2, -0.15) is 0 Å². The Balaban J connectivity index is 3.47. The molecule has 0 aliphatic carbocycles. The molecular formula is C8H10FNO2S. The van der Waals surface area contributed by atoms with Crippen LogP contribution in [-0.2, 0) is 10.0 Å². The van der Waals surface area contributed by atoms with E-state index in [0.717, 1.165) is 6.07 Å². The van der Waals surface area contributed by atoms with Crippen molar-refractivity contribution in [3.8, 4) is 0 Å². The standard InChI is InChI=1S/C8H10FNO2S/c1-5-3-7(13(10,11)12)4-8(9)6(5)2/h3-4H,1-2H3,(H2,10,11,12). The molecule has 0 amide bonds. The molecule has 0 bridgehead atoms. The Bertz CT molecular complexity index is 416. The fourth-order valence-electron chi connectivity index (χ4n) is 0.949. The molecule has 0 aliphatic heterocycles. The van der Waals surface area contributed by atoms with Gasteiger partial charge < -0.3 is 0 Å². The smallest absolute Gasteiger partial charge is 0.225 e. The Morgan fingerprint density at radius 1 is 1.31 bits per heavy atom. The van der Waals surface area contributed by atoms with Crippen molar-refractivity contribution in [1.29, 1.82) is 0 Å². The van der Waals surface area contributed by atoms with Crippen LogP contribution in [0.4, 0.5) is 4.39 Å². The van der Waals surface area contributed by atoms with E-state index in [0.29, 0.717) is 11.1 Å². The molecule has 0 saturated carbocycles. The van der Waals surface area contributed by atoms with Crippen molar-refractivity contribution in [2.45, 2.75) is 18.7 Å². The van der Waals surface area contributed by atoms with Gasteiger partial charge in [-0.3, -0.25) is 0 Å². The summed E-state index contributed by atoms with van der Waals surface area (Å²) in [6, 6.07) is 2.28. The van der Waals surface area contributed by atoms with Crippen molar-refractivity contribution in [1.82, 2.24) is 0 Å². The molecule has 0 aliphatic rings. The van der Waals surface area contributed by atoms with E-state index in [9.17, 15) is 12.8 Å². The highest BCUT2D eigenvalue weighted by Gasteiger charge is 2.11. The van der Waals surface area contributed by atoms with E-state index < -0.39 is 15.8 Å². The Kier molecular flexibility index (Phi) is 2.40. The van der Waals surface area contributed by atoms with Crippen LogP contribution in [0.25, 0.3) is 0 Å². The van der Waals surface area contributed by atoms with Crippen molar-refractivity contribution in [2.75, 3.05) is 0 Å². The number of hydrogen-bond donors (Lipinski definition) is 1. The predicted octanol–water partition coefficient (Wildman–Crippen LogP) is 1.09. The van der Waals surface area contributed by atoms with E-state index in [1.807, 2.05) is 0 Å². The van der Waals surface area contributed by atoms with Crippen molar-refractivity contribution >= 4 is 10.0 Å². The number of rotatable bonds is 1. The normalized spacial score (nSPS) is 11.7. The third-order valence-electron chi connectivity index (χ3n) is 1.91. The Labute approximate surface area is 76.4 Å². The van der Waals surface area contributed by atoms with Gasteiger partial charge >= 0.3 is 0 Å². The summed E-state index contributed by atoms with van der Waals surface area (Å²) in [5.74, 6) is -0.552. The number of halogens is 1.